The van der Waals surface area contributed by atoms with Gasteiger partial charge in [0.1, 0.15) is 18.7 Å². The lowest BCUT2D eigenvalue weighted by Gasteiger charge is -2.19. The summed E-state index contributed by atoms with van der Waals surface area (Å²) in [7, 11) is 0. The van der Waals surface area contributed by atoms with Crippen LogP contribution in [0.25, 0.3) is 0 Å². The van der Waals surface area contributed by atoms with Gasteiger partial charge in [-0.1, -0.05) is 30.3 Å². The normalized spacial score (nSPS) is 12.8. The minimum absolute atomic E-state index is 0.112. The Morgan fingerprint density at radius 3 is 2.46 bits per heavy atom. The van der Waals surface area contributed by atoms with Crippen molar-refractivity contribution in [2.75, 3.05) is 12.0 Å². The van der Waals surface area contributed by atoms with E-state index in [1.54, 1.807) is 11.8 Å². The number of hydrogen-bond acceptors (Lipinski definition) is 5. The summed E-state index contributed by atoms with van der Waals surface area (Å²) in [5, 5.41) is 5.00. The molecule has 3 amide bonds. The van der Waals surface area contributed by atoms with E-state index in [-0.39, 0.29) is 6.61 Å². The average Bonchev–Trinajstić information content (AvgIpc) is 2.57. The molecule has 0 radical (unpaired) electrons. The van der Waals surface area contributed by atoms with Gasteiger partial charge in [0.15, 0.2) is 0 Å². The molecule has 0 saturated carbocycles. The Labute approximate surface area is 145 Å². The van der Waals surface area contributed by atoms with Crippen molar-refractivity contribution in [2.45, 2.75) is 32.0 Å². The number of rotatable bonds is 9. The number of ether oxygens (including phenoxy) is 1. The van der Waals surface area contributed by atoms with E-state index in [4.69, 9.17) is 10.5 Å². The highest BCUT2D eigenvalue weighted by atomic mass is 32.2. The van der Waals surface area contributed by atoms with Gasteiger partial charge < -0.3 is 21.1 Å². The smallest absolute Gasteiger partial charge is 0.408 e. The van der Waals surface area contributed by atoms with Crippen LogP contribution >= 0.6 is 11.8 Å². The monoisotopic (exact) mass is 353 g/mol. The second kappa shape index (κ2) is 10.5. The topological polar surface area (TPSA) is 111 Å². The van der Waals surface area contributed by atoms with Gasteiger partial charge in [-0.15, -0.1) is 0 Å². The molecule has 4 N–H and O–H groups in total. The van der Waals surface area contributed by atoms with Crippen molar-refractivity contribution >= 4 is 29.7 Å². The molecule has 0 spiro atoms. The first-order valence-corrected chi connectivity index (χ1v) is 8.89. The van der Waals surface area contributed by atoms with Crippen molar-refractivity contribution in [3.05, 3.63) is 35.9 Å². The van der Waals surface area contributed by atoms with Crippen LogP contribution in [0, 0.1) is 0 Å². The number of benzene rings is 1. The summed E-state index contributed by atoms with van der Waals surface area (Å²) >= 11 is 1.55. The molecule has 2 unspecified atom stereocenters. The van der Waals surface area contributed by atoms with Crippen LogP contribution in [0.2, 0.25) is 0 Å². The van der Waals surface area contributed by atoms with Crippen molar-refractivity contribution in [1.29, 1.82) is 0 Å². The summed E-state index contributed by atoms with van der Waals surface area (Å²) in [5.41, 5.74) is 5.98. The van der Waals surface area contributed by atoms with Crippen LogP contribution < -0.4 is 16.4 Å². The molecule has 1 aromatic rings. The molecule has 2 atom stereocenters. The summed E-state index contributed by atoms with van der Waals surface area (Å²) in [4.78, 5) is 35.1. The van der Waals surface area contributed by atoms with Crippen molar-refractivity contribution in [3.8, 4) is 0 Å². The van der Waals surface area contributed by atoms with E-state index >= 15 is 0 Å². The molecule has 1 aromatic carbocycles. The number of thioether (sulfide) groups is 1. The maximum absolute atomic E-state index is 12.2. The molecule has 0 aliphatic carbocycles. The molecule has 0 aromatic heterocycles. The second-order valence-electron chi connectivity index (χ2n) is 5.17. The van der Waals surface area contributed by atoms with Crippen molar-refractivity contribution in [2.24, 2.45) is 5.73 Å². The van der Waals surface area contributed by atoms with Crippen LogP contribution in [-0.4, -0.2) is 42.0 Å². The molecular weight excluding hydrogens is 330 g/mol. The molecule has 0 bridgehead atoms. The Morgan fingerprint density at radius 2 is 1.88 bits per heavy atom. The quantitative estimate of drug-likeness (QED) is 0.614. The molecule has 0 fully saturated rings. The largest absolute Gasteiger partial charge is 0.445 e. The molecule has 132 valence electrons. The molecule has 0 saturated heterocycles. The number of hydrogen-bond donors (Lipinski definition) is 3. The van der Waals surface area contributed by atoms with E-state index < -0.39 is 30.0 Å². The van der Waals surface area contributed by atoms with Gasteiger partial charge in [0, 0.05) is 0 Å². The van der Waals surface area contributed by atoms with Gasteiger partial charge in [0.25, 0.3) is 0 Å². The zero-order chi connectivity index (χ0) is 17.9. The van der Waals surface area contributed by atoms with Crippen molar-refractivity contribution < 1.29 is 19.1 Å². The van der Waals surface area contributed by atoms with E-state index in [9.17, 15) is 14.4 Å². The zero-order valence-corrected chi connectivity index (χ0v) is 14.6. The first kappa shape index (κ1) is 19.8. The minimum Gasteiger partial charge on any atom is -0.445 e. The lowest BCUT2D eigenvalue weighted by molar-refractivity contribution is -0.128. The second-order valence-corrected chi connectivity index (χ2v) is 6.16. The molecule has 1 rings (SSSR count). The van der Waals surface area contributed by atoms with Crippen LogP contribution in [-0.2, 0) is 20.9 Å². The van der Waals surface area contributed by atoms with E-state index in [1.165, 1.54) is 6.92 Å². The van der Waals surface area contributed by atoms with E-state index in [1.807, 2.05) is 36.6 Å². The average molecular weight is 353 g/mol. The number of carbonyl (C=O) groups is 3. The summed E-state index contributed by atoms with van der Waals surface area (Å²) in [6.07, 6.45) is 1.63. The van der Waals surface area contributed by atoms with Gasteiger partial charge in [-0.2, -0.15) is 11.8 Å². The standard InChI is InChI=1S/C16H23N3O4S/c1-11(14(17)20)18-15(21)13(8-9-24-2)19-16(22)23-10-12-6-4-3-5-7-12/h3-7,11,13H,8-10H2,1-2H3,(H2,17,20)(H,18,21)(H,19,22). The number of nitrogens with one attached hydrogen (secondary N) is 2. The highest BCUT2D eigenvalue weighted by molar-refractivity contribution is 7.98. The molecular formula is C16H23N3O4S. The van der Waals surface area contributed by atoms with Gasteiger partial charge in [-0.05, 0) is 30.9 Å². The van der Waals surface area contributed by atoms with Crippen LogP contribution in [0.15, 0.2) is 30.3 Å². The van der Waals surface area contributed by atoms with E-state index in [0.717, 1.165) is 5.56 Å². The number of alkyl carbamates (subject to hydrolysis) is 1. The molecule has 0 heterocycles. The fraction of sp³-hybridized carbons (Fsp3) is 0.438. The molecule has 24 heavy (non-hydrogen) atoms. The van der Waals surface area contributed by atoms with Gasteiger partial charge in [0.05, 0.1) is 0 Å². The van der Waals surface area contributed by atoms with Crippen LogP contribution in [0.3, 0.4) is 0 Å². The molecule has 7 nitrogen and oxygen atoms in total. The summed E-state index contributed by atoms with van der Waals surface area (Å²) < 4.78 is 5.11. The van der Waals surface area contributed by atoms with Gasteiger partial charge >= 0.3 is 6.09 Å². The highest BCUT2D eigenvalue weighted by Crippen LogP contribution is 2.04. The first-order valence-electron chi connectivity index (χ1n) is 7.50. The fourth-order valence-corrected chi connectivity index (χ4v) is 2.27. The Bertz CT molecular complexity index is 554. The summed E-state index contributed by atoms with van der Waals surface area (Å²) in [6.45, 7) is 1.60. The summed E-state index contributed by atoms with van der Waals surface area (Å²) in [5.74, 6) is -0.437. The predicted molar refractivity (Wildman–Crippen MR) is 93.3 cm³/mol. The van der Waals surface area contributed by atoms with Crippen molar-refractivity contribution in [3.63, 3.8) is 0 Å². The van der Waals surface area contributed by atoms with Crippen LogP contribution in [0.4, 0.5) is 4.79 Å². The maximum atomic E-state index is 12.2. The summed E-state index contributed by atoms with van der Waals surface area (Å²) in [6, 6.07) is 7.62. The Kier molecular flexibility index (Phi) is 8.70. The van der Waals surface area contributed by atoms with E-state index in [0.29, 0.717) is 12.2 Å². The molecule has 0 aliphatic rings. The molecule has 8 heteroatoms. The Balaban J connectivity index is 2.55. The first-order chi connectivity index (χ1) is 11.4. The molecule has 0 aliphatic heterocycles. The Hall–Kier alpha value is -2.22. The van der Waals surface area contributed by atoms with Gasteiger partial charge in [-0.3, -0.25) is 9.59 Å². The van der Waals surface area contributed by atoms with Crippen molar-refractivity contribution in [1.82, 2.24) is 10.6 Å². The third-order valence-corrected chi connectivity index (χ3v) is 3.86. The zero-order valence-electron chi connectivity index (χ0n) is 13.8. The highest BCUT2D eigenvalue weighted by Gasteiger charge is 2.23. The third-order valence-electron chi connectivity index (χ3n) is 3.22. The lowest BCUT2D eigenvalue weighted by atomic mass is 10.2. The third kappa shape index (κ3) is 7.36. The lowest BCUT2D eigenvalue weighted by Crippen LogP contribution is -2.52. The Morgan fingerprint density at radius 1 is 1.21 bits per heavy atom. The SMILES string of the molecule is CSCCC(NC(=O)OCc1ccccc1)C(=O)NC(C)C(N)=O. The van der Waals surface area contributed by atoms with Gasteiger partial charge in [-0.25, -0.2) is 4.79 Å². The van der Waals surface area contributed by atoms with Crippen LogP contribution in [0.5, 0.6) is 0 Å². The van der Waals surface area contributed by atoms with Crippen LogP contribution in [0.1, 0.15) is 18.9 Å². The van der Waals surface area contributed by atoms with Gasteiger partial charge in [0.2, 0.25) is 11.8 Å². The number of carbonyl (C=O) groups excluding carboxylic acids is 3. The number of amides is 3. The maximum Gasteiger partial charge on any atom is 0.408 e. The van der Waals surface area contributed by atoms with E-state index in [2.05, 4.69) is 10.6 Å². The predicted octanol–water partition coefficient (Wildman–Crippen LogP) is 1.02. The number of primary amides is 1. The fourth-order valence-electron chi connectivity index (χ4n) is 1.80. The minimum atomic E-state index is -0.809. The number of nitrogens with two attached hydrogens (primary N) is 1.